The summed E-state index contributed by atoms with van der Waals surface area (Å²) >= 11 is 7.38. The minimum Gasteiger partial charge on any atom is -0.363 e. The van der Waals surface area contributed by atoms with Gasteiger partial charge in [0, 0.05) is 22.8 Å². The summed E-state index contributed by atoms with van der Waals surface area (Å²) in [5.41, 5.74) is 1.64. The van der Waals surface area contributed by atoms with E-state index in [1.807, 2.05) is 31.2 Å². The van der Waals surface area contributed by atoms with Gasteiger partial charge in [-0.2, -0.15) is 9.61 Å². The van der Waals surface area contributed by atoms with Gasteiger partial charge in [-0.3, -0.25) is 4.79 Å². The molecule has 2 aromatic heterocycles. The van der Waals surface area contributed by atoms with E-state index < -0.39 is 0 Å². The summed E-state index contributed by atoms with van der Waals surface area (Å²) in [5, 5.41) is 5.70. The van der Waals surface area contributed by atoms with Crippen LogP contribution in [0.1, 0.15) is 24.5 Å². The molecular formula is C16H17ClN4OS. The lowest BCUT2D eigenvalue weighted by atomic mass is 10.2. The zero-order valence-electron chi connectivity index (χ0n) is 13.2. The molecule has 1 aromatic carbocycles. The lowest BCUT2D eigenvalue weighted by Gasteiger charge is -2.28. The Balaban J connectivity index is 1.97. The van der Waals surface area contributed by atoms with Gasteiger partial charge >= 0.3 is 0 Å². The summed E-state index contributed by atoms with van der Waals surface area (Å²) in [6.45, 7) is 6.64. The van der Waals surface area contributed by atoms with Gasteiger partial charge in [-0.15, -0.1) is 0 Å². The monoisotopic (exact) mass is 348 g/mol. The zero-order chi connectivity index (χ0) is 16.6. The highest BCUT2D eigenvalue weighted by Gasteiger charge is 2.14. The summed E-state index contributed by atoms with van der Waals surface area (Å²) in [4.78, 5) is 19.6. The maximum atomic E-state index is 12.2. The van der Waals surface area contributed by atoms with Crippen LogP contribution in [0.15, 0.2) is 35.1 Å². The zero-order valence-corrected chi connectivity index (χ0v) is 14.7. The van der Waals surface area contributed by atoms with Crippen LogP contribution < -0.4 is 10.5 Å². The topological polar surface area (TPSA) is 50.5 Å². The van der Waals surface area contributed by atoms with E-state index in [9.17, 15) is 4.79 Å². The van der Waals surface area contributed by atoms with Crippen molar-refractivity contribution < 1.29 is 0 Å². The van der Waals surface area contributed by atoms with Crippen LogP contribution in [-0.2, 0) is 6.54 Å². The highest BCUT2D eigenvalue weighted by Crippen LogP contribution is 2.22. The molecule has 0 aliphatic carbocycles. The van der Waals surface area contributed by atoms with Crippen LogP contribution >= 0.6 is 22.9 Å². The van der Waals surface area contributed by atoms with Crippen LogP contribution in [0.4, 0.5) is 5.69 Å². The van der Waals surface area contributed by atoms with Gasteiger partial charge in [0.15, 0.2) is 0 Å². The fourth-order valence-corrected chi connectivity index (χ4v) is 3.30. The number of aryl methyl sites for hydroxylation is 1. The molecule has 120 valence electrons. The average Bonchev–Trinajstić information content (AvgIpc) is 2.87. The Morgan fingerprint density at radius 1 is 1.30 bits per heavy atom. The van der Waals surface area contributed by atoms with Gasteiger partial charge in [-0.1, -0.05) is 22.9 Å². The van der Waals surface area contributed by atoms with Crippen molar-refractivity contribution in [3.05, 3.63) is 56.4 Å². The van der Waals surface area contributed by atoms with E-state index in [2.05, 4.69) is 28.8 Å². The molecule has 5 nitrogen and oxygen atoms in total. The Morgan fingerprint density at radius 2 is 2.00 bits per heavy atom. The standard InChI is InChI=1S/C16H17ClN4OS/c1-10(2)20(14-6-4-12(17)5-7-14)9-13-8-15(22)21-16(18-13)23-11(3)19-21/h4-8,10H,9H2,1-3H3. The van der Waals surface area contributed by atoms with Crippen LogP contribution in [0, 0.1) is 6.92 Å². The summed E-state index contributed by atoms with van der Waals surface area (Å²) in [5.74, 6) is 0. The molecule has 0 aliphatic rings. The van der Waals surface area contributed by atoms with Gasteiger partial charge in [-0.25, -0.2) is 4.98 Å². The molecule has 3 aromatic rings. The third-order valence-corrected chi connectivity index (χ3v) is 4.59. The average molecular weight is 349 g/mol. The minimum absolute atomic E-state index is 0.144. The number of nitrogens with zero attached hydrogens (tertiary/aromatic N) is 4. The molecule has 0 aliphatic heterocycles. The van der Waals surface area contributed by atoms with Crippen molar-refractivity contribution in [3.63, 3.8) is 0 Å². The van der Waals surface area contributed by atoms with Crippen LogP contribution in [0.5, 0.6) is 0 Å². The molecule has 3 rings (SSSR count). The number of anilines is 1. The molecule has 0 saturated carbocycles. The second-order valence-electron chi connectivity index (χ2n) is 5.60. The number of benzene rings is 1. The summed E-state index contributed by atoms with van der Waals surface area (Å²) in [7, 11) is 0. The van der Waals surface area contributed by atoms with E-state index in [1.165, 1.54) is 15.9 Å². The van der Waals surface area contributed by atoms with Crippen molar-refractivity contribution in [2.45, 2.75) is 33.4 Å². The minimum atomic E-state index is -0.144. The van der Waals surface area contributed by atoms with Crippen LogP contribution in [0.25, 0.3) is 4.96 Å². The largest absolute Gasteiger partial charge is 0.363 e. The van der Waals surface area contributed by atoms with E-state index in [0.29, 0.717) is 16.5 Å². The highest BCUT2D eigenvalue weighted by molar-refractivity contribution is 7.16. The molecule has 0 atom stereocenters. The summed E-state index contributed by atoms with van der Waals surface area (Å²) in [6, 6.07) is 9.50. The first kappa shape index (κ1) is 16.0. The first-order valence-electron chi connectivity index (χ1n) is 7.32. The smallest absolute Gasteiger partial charge is 0.275 e. The predicted octanol–water partition coefficient (Wildman–Crippen LogP) is 3.53. The van der Waals surface area contributed by atoms with Crippen molar-refractivity contribution in [3.8, 4) is 0 Å². The van der Waals surface area contributed by atoms with Crippen molar-refractivity contribution in [1.29, 1.82) is 0 Å². The second-order valence-corrected chi connectivity index (χ2v) is 7.20. The third-order valence-electron chi connectivity index (χ3n) is 3.51. The van der Waals surface area contributed by atoms with Crippen molar-refractivity contribution >= 4 is 33.6 Å². The quantitative estimate of drug-likeness (QED) is 0.723. The third kappa shape index (κ3) is 3.38. The number of hydrogen-bond acceptors (Lipinski definition) is 5. The van der Waals surface area contributed by atoms with Crippen LogP contribution in [-0.4, -0.2) is 20.6 Å². The summed E-state index contributed by atoms with van der Waals surface area (Å²) < 4.78 is 1.35. The fourth-order valence-electron chi connectivity index (χ4n) is 2.41. The van der Waals surface area contributed by atoms with Gasteiger partial charge in [0.1, 0.15) is 5.01 Å². The van der Waals surface area contributed by atoms with Gasteiger partial charge in [0.25, 0.3) is 5.56 Å². The first-order valence-corrected chi connectivity index (χ1v) is 8.52. The molecule has 0 unspecified atom stereocenters. The maximum absolute atomic E-state index is 12.2. The Hall–Kier alpha value is -1.92. The number of aromatic nitrogens is 3. The molecule has 2 heterocycles. The molecule has 0 bridgehead atoms. The Bertz CT molecular complexity index is 885. The van der Waals surface area contributed by atoms with Gasteiger partial charge in [0.2, 0.25) is 4.96 Å². The van der Waals surface area contributed by atoms with E-state index >= 15 is 0 Å². The van der Waals surface area contributed by atoms with E-state index in [0.717, 1.165) is 16.4 Å². The highest BCUT2D eigenvalue weighted by atomic mass is 35.5. The molecule has 0 N–H and O–H groups in total. The Kier molecular flexibility index (Phi) is 4.37. The molecule has 7 heteroatoms. The molecule has 0 fully saturated rings. The van der Waals surface area contributed by atoms with Gasteiger partial charge in [-0.05, 0) is 45.0 Å². The fraction of sp³-hybridized carbons (Fsp3) is 0.312. The van der Waals surface area contributed by atoms with E-state index in [-0.39, 0.29) is 11.6 Å². The number of rotatable bonds is 4. The lowest BCUT2D eigenvalue weighted by Crippen LogP contribution is -2.31. The predicted molar refractivity (Wildman–Crippen MR) is 94.6 cm³/mol. The first-order chi connectivity index (χ1) is 10.9. The molecular weight excluding hydrogens is 332 g/mol. The van der Waals surface area contributed by atoms with Crippen molar-refractivity contribution in [2.24, 2.45) is 0 Å². The number of hydrogen-bond donors (Lipinski definition) is 0. The molecule has 0 radical (unpaired) electrons. The van der Waals surface area contributed by atoms with Crippen molar-refractivity contribution in [1.82, 2.24) is 14.6 Å². The molecule has 0 spiro atoms. The molecule has 0 amide bonds. The van der Waals surface area contributed by atoms with Gasteiger partial charge < -0.3 is 4.90 Å². The number of halogens is 1. The maximum Gasteiger partial charge on any atom is 0.275 e. The Morgan fingerprint density at radius 3 is 2.65 bits per heavy atom. The lowest BCUT2D eigenvalue weighted by molar-refractivity contribution is 0.672. The van der Waals surface area contributed by atoms with Gasteiger partial charge in [0.05, 0.1) is 12.2 Å². The van der Waals surface area contributed by atoms with E-state index in [4.69, 9.17) is 11.6 Å². The van der Waals surface area contributed by atoms with E-state index in [1.54, 1.807) is 6.07 Å². The van der Waals surface area contributed by atoms with Crippen molar-refractivity contribution in [2.75, 3.05) is 4.90 Å². The SMILES string of the molecule is Cc1nn2c(=O)cc(CN(c3ccc(Cl)cc3)C(C)C)nc2s1. The van der Waals surface area contributed by atoms with Crippen LogP contribution in [0.3, 0.4) is 0 Å². The molecule has 0 saturated heterocycles. The normalized spacial score (nSPS) is 11.3. The van der Waals surface area contributed by atoms with Crippen LogP contribution in [0.2, 0.25) is 5.02 Å². The number of fused-ring (bicyclic) bond motifs is 1. The molecule has 23 heavy (non-hydrogen) atoms. The Labute approximate surface area is 143 Å². The summed E-state index contributed by atoms with van der Waals surface area (Å²) in [6.07, 6.45) is 0. The second kappa shape index (κ2) is 6.29.